The van der Waals surface area contributed by atoms with E-state index in [1.807, 2.05) is 26.0 Å². The Bertz CT molecular complexity index is 958. The maximum Gasteiger partial charge on any atom is -1.00 e. The van der Waals surface area contributed by atoms with Crippen LogP contribution in [0.3, 0.4) is 0 Å². The van der Waals surface area contributed by atoms with Crippen molar-refractivity contribution in [3.05, 3.63) is 107 Å². The van der Waals surface area contributed by atoms with Crippen molar-refractivity contribution in [3.63, 3.8) is 0 Å². The molecule has 2 aromatic carbocycles. The molecule has 2 aliphatic rings. The molecule has 0 bridgehead atoms. The predicted octanol–water partition coefficient (Wildman–Crippen LogP) is 1.52. The van der Waals surface area contributed by atoms with Crippen molar-refractivity contribution in [3.8, 4) is 0 Å². The smallest absolute Gasteiger partial charge is 1.00 e. The fraction of sp³-hybridized carbons (Fsp3) is 0.231. The van der Waals surface area contributed by atoms with Crippen LogP contribution in [0.5, 0.6) is 0 Å². The molecule has 0 radical (unpaired) electrons. The first kappa shape index (κ1) is 30.9. The fourth-order valence-electron chi connectivity index (χ4n) is 3.09. The van der Waals surface area contributed by atoms with Gasteiger partial charge in [0.25, 0.3) is 0 Å². The summed E-state index contributed by atoms with van der Waals surface area (Å²) in [6, 6.07) is 13.3. The largest absolute Gasteiger partial charge is 1.00 e. The van der Waals surface area contributed by atoms with Gasteiger partial charge >= 0.3 is 41.9 Å². The van der Waals surface area contributed by atoms with E-state index < -0.39 is 0 Å². The summed E-state index contributed by atoms with van der Waals surface area (Å²) in [5.41, 5.74) is 6.56. The molecule has 32 heavy (non-hydrogen) atoms. The third kappa shape index (κ3) is 10.3. The van der Waals surface area contributed by atoms with Crippen LogP contribution in [-0.4, -0.2) is 5.43 Å². The molecule has 0 unspecified atom stereocenters. The summed E-state index contributed by atoms with van der Waals surface area (Å²) in [4.78, 5) is 0. The monoisotopic (exact) mass is 564 g/mol. The minimum absolute atomic E-state index is 0. The minimum atomic E-state index is -0.182. The van der Waals surface area contributed by atoms with E-state index in [1.165, 1.54) is 12.1 Å². The van der Waals surface area contributed by atoms with Crippen LogP contribution in [0.4, 0.5) is 8.78 Å². The topological polar surface area (TPSA) is 0 Å². The minimum Gasteiger partial charge on any atom is -1.00 e. The van der Waals surface area contributed by atoms with E-state index in [0.717, 1.165) is 46.3 Å². The number of allylic oxidation sites excluding steroid dienone is 8. The summed E-state index contributed by atoms with van der Waals surface area (Å²) in [6.45, 7) is 8.62. The van der Waals surface area contributed by atoms with E-state index in [-0.39, 0.29) is 41.9 Å². The van der Waals surface area contributed by atoms with Crippen molar-refractivity contribution in [1.82, 2.24) is 0 Å². The van der Waals surface area contributed by atoms with Gasteiger partial charge in [-0.05, 0) is 24.3 Å². The third-order valence-corrected chi connectivity index (χ3v) is 4.43. The Hall–Kier alpha value is -1.06. The second kappa shape index (κ2) is 15.7. The Balaban J connectivity index is 0.000000490. The Morgan fingerprint density at radius 2 is 1.09 bits per heavy atom. The number of halogens is 4. The number of benzene rings is 2. The second-order valence-electron chi connectivity index (χ2n) is 7.27. The van der Waals surface area contributed by atoms with Gasteiger partial charge in [-0.3, -0.25) is 12.2 Å². The average molecular weight is 567 g/mol. The Kier molecular flexibility index (Phi) is 15.2. The zero-order valence-electron chi connectivity index (χ0n) is 18.7. The van der Waals surface area contributed by atoms with Crippen LogP contribution in [0.25, 0.3) is 11.1 Å². The molecule has 0 saturated carbocycles. The number of hydrogen-bond donors (Lipinski definition) is 0. The van der Waals surface area contributed by atoms with Crippen molar-refractivity contribution < 1.29 is 56.9 Å². The Labute approximate surface area is 218 Å². The van der Waals surface area contributed by atoms with Crippen molar-refractivity contribution in [2.24, 2.45) is 0 Å². The van der Waals surface area contributed by atoms with Crippen LogP contribution in [0.1, 0.15) is 37.8 Å². The summed E-state index contributed by atoms with van der Waals surface area (Å²) in [6.07, 6.45) is 12.2. The van der Waals surface area contributed by atoms with Gasteiger partial charge in [-0.25, -0.2) is 19.9 Å². The van der Waals surface area contributed by atoms with Gasteiger partial charge in [0, 0.05) is 0 Å². The zero-order valence-corrected chi connectivity index (χ0v) is 23.7. The fourth-order valence-corrected chi connectivity index (χ4v) is 3.09. The van der Waals surface area contributed by atoms with Crippen molar-refractivity contribution >= 4 is 16.6 Å². The van der Waals surface area contributed by atoms with Crippen molar-refractivity contribution in [1.29, 1.82) is 0 Å². The normalized spacial score (nSPS) is 13.5. The van der Waals surface area contributed by atoms with Gasteiger partial charge in [0.15, 0.2) is 0 Å². The molecule has 0 spiro atoms. The summed E-state index contributed by atoms with van der Waals surface area (Å²) in [7, 11) is 0. The molecular weight excluding hydrogens is 540 g/mol. The maximum absolute atomic E-state index is 12.9. The van der Waals surface area contributed by atoms with Gasteiger partial charge in [-0.15, -0.1) is 12.8 Å². The molecule has 4 rings (SSSR count). The molecule has 0 saturated heterocycles. The first-order valence-corrected chi connectivity index (χ1v) is 16.1. The summed E-state index contributed by atoms with van der Waals surface area (Å²) in [5.74, 6) is -0.365. The molecule has 0 heterocycles. The van der Waals surface area contributed by atoms with E-state index in [4.69, 9.17) is 0 Å². The van der Waals surface area contributed by atoms with Crippen LogP contribution < -0.4 is 24.8 Å². The van der Waals surface area contributed by atoms with Crippen LogP contribution >= 0.6 is 0 Å². The molecule has 0 amide bonds. The molecule has 2 aromatic rings. The van der Waals surface area contributed by atoms with Crippen LogP contribution in [0, 0.1) is 23.8 Å². The predicted molar refractivity (Wildman–Crippen MR) is 120 cm³/mol. The van der Waals surface area contributed by atoms with E-state index in [2.05, 4.69) is 37.4 Å². The van der Waals surface area contributed by atoms with E-state index in [1.54, 1.807) is 47.6 Å². The third-order valence-electron chi connectivity index (χ3n) is 4.43. The molecule has 0 aliphatic heterocycles. The SMILES string of the molecule is CC1=[C-]CC=C1c1cccc(F)c1.CC1=[C-]CC=C1c1cccc(F)c1.C[Si](C)=[Zr+2].[Cl-].[Cl-]. The van der Waals surface area contributed by atoms with Gasteiger partial charge in [0.2, 0.25) is 0 Å². The first-order chi connectivity index (χ1) is 14.3. The van der Waals surface area contributed by atoms with Crippen molar-refractivity contribution in [2.75, 3.05) is 0 Å². The van der Waals surface area contributed by atoms with Gasteiger partial charge in [-0.1, -0.05) is 49.2 Å². The molecule has 0 fully saturated rings. The van der Waals surface area contributed by atoms with Crippen LogP contribution in [-0.2, 0) is 23.3 Å². The number of rotatable bonds is 2. The number of hydrogen-bond acceptors (Lipinski definition) is 0. The Morgan fingerprint density at radius 3 is 1.34 bits per heavy atom. The van der Waals surface area contributed by atoms with E-state index >= 15 is 0 Å². The summed E-state index contributed by atoms with van der Waals surface area (Å²) in [5, 5.41) is 0. The quantitative estimate of drug-likeness (QED) is 0.382. The Morgan fingerprint density at radius 1 is 0.750 bits per heavy atom. The average Bonchev–Trinajstić information content (AvgIpc) is 3.30. The van der Waals surface area contributed by atoms with E-state index in [9.17, 15) is 8.78 Å². The van der Waals surface area contributed by atoms with Gasteiger partial charge in [-0.2, -0.15) is 23.3 Å². The standard InChI is InChI=1S/2C12H10F.C2H6Si.2ClH.Zr/c2*1-9-4-2-7-12(9)10-5-3-6-11(13)8-10;1-3-2;;;/h2*3,5-8H,2H2,1H3;1-2H3;2*1H;/q2*-1;;;;+2/p-2. The second-order valence-corrected chi connectivity index (χ2v) is 16.6. The maximum atomic E-state index is 12.9. The molecule has 0 aromatic heterocycles. The van der Waals surface area contributed by atoms with Gasteiger partial charge in [0.05, 0.1) is 0 Å². The summed E-state index contributed by atoms with van der Waals surface area (Å²) >= 11 is 1.74. The molecular formula is C26H26Cl2F2SiZr-2. The van der Waals surface area contributed by atoms with Gasteiger partial charge in [0.1, 0.15) is 11.6 Å². The van der Waals surface area contributed by atoms with Crippen molar-refractivity contribution in [2.45, 2.75) is 39.8 Å². The molecule has 0 atom stereocenters. The van der Waals surface area contributed by atoms with Crippen LogP contribution in [0.2, 0.25) is 13.1 Å². The molecule has 6 heteroatoms. The molecule has 168 valence electrons. The van der Waals surface area contributed by atoms with Gasteiger partial charge < -0.3 is 24.8 Å². The molecule has 0 nitrogen and oxygen atoms in total. The zero-order chi connectivity index (χ0) is 22.1. The first-order valence-electron chi connectivity index (χ1n) is 9.87. The van der Waals surface area contributed by atoms with E-state index in [0.29, 0.717) is 0 Å². The summed E-state index contributed by atoms with van der Waals surface area (Å²) < 4.78 is 25.8. The molecule has 2 aliphatic carbocycles. The van der Waals surface area contributed by atoms with Crippen LogP contribution in [0.15, 0.2) is 71.8 Å². The molecule has 0 N–H and O–H groups in total.